The van der Waals surface area contributed by atoms with Crippen molar-refractivity contribution >= 4 is 28.7 Å². The smallest absolute Gasteiger partial charge is 0.337 e. The van der Waals surface area contributed by atoms with Crippen LogP contribution in [0.15, 0.2) is 96.6 Å². The summed E-state index contributed by atoms with van der Waals surface area (Å²) in [6.45, 7) is 0.437. The van der Waals surface area contributed by atoms with Crippen LogP contribution in [-0.4, -0.2) is 32.1 Å². The Morgan fingerprint density at radius 1 is 0.889 bits per heavy atom. The number of methoxy groups -OCH3 is 1. The number of rotatable bonds is 9. The van der Waals surface area contributed by atoms with Crippen molar-refractivity contribution in [1.29, 1.82) is 0 Å². The zero-order valence-electron chi connectivity index (χ0n) is 19.9. The highest BCUT2D eigenvalue weighted by atomic mass is 19.1. The van der Waals surface area contributed by atoms with E-state index in [4.69, 9.17) is 9.47 Å². The average Bonchev–Trinajstić information content (AvgIpc) is 2.92. The van der Waals surface area contributed by atoms with E-state index in [0.717, 1.165) is 21.9 Å². The molecule has 0 saturated carbocycles. The molecule has 0 saturated heterocycles. The van der Waals surface area contributed by atoms with Crippen molar-refractivity contribution in [3.05, 3.63) is 119 Å². The van der Waals surface area contributed by atoms with E-state index >= 15 is 0 Å². The standard InChI is InChI=1S/C30H26FNO4/c1-35-30(34)24-13-9-22(10-14-24)19-25(29(33)32-18-17-21-11-15-26(31)16-12-21)20-36-28-8-4-6-23-5-2-3-7-27(23)28/h2-16,19H,17-18,20H2,1H3,(H,32,33)/b25-19+. The second-order valence-electron chi connectivity index (χ2n) is 8.18. The third kappa shape index (κ3) is 6.36. The van der Waals surface area contributed by atoms with E-state index in [9.17, 15) is 14.0 Å². The first-order chi connectivity index (χ1) is 17.5. The van der Waals surface area contributed by atoms with Crippen LogP contribution in [0.1, 0.15) is 21.5 Å². The summed E-state index contributed by atoms with van der Waals surface area (Å²) in [5.74, 6) is -0.311. The lowest BCUT2D eigenvalue weighted by atomic mass is 10.1. The van der Waals surface area contributed by atoms with Crippen LogP contribution < -0.4 is 10.1 Å². The fraction of sp³-hybridized carbons (Fsp3) is 0.133. The summed E-state index contributed by atoms with van der Waals surface area (Å²) in [7, 11) is 1.33. The number of nitrogens with one attached hydrogen (secondary N) is 1. The summed E-state index contributed by atoms with van der Waals surface area (Å²) in [4.78, 5) is 24.8. The second-order valence-corrected chi connectivity index (χ2v) is 8.18. The minimum absolute atomic E-state index is 0.0507. The Kier molecular flexibility index (Phi) is 8.08. The molecular formula is C30H26FNO4. The Bertz CT molecular complexity index is 1370. The third-order valence-corrected chi connectivity index (χ3v) is 5.71. The predicted octanol–water partition coefficient (Wildman–Crippen LogP) is 5.59. The molecule has 182 valence electrons. The van der Waals surface area contributed by atoms with Gasteiger partial charge in [0, 0.05) is 11.9 Å². The summed E-state index contributed by atoms with van der Waals surface area (Å²) >= 11 is 0. The Labute approximate surface area is 209 Å². The molecule has 4 aromatic rings. The van der Waals surface area contributed by atoms with Gasteiger partial charge in [0.05, 0.1) is 18.2 Å². The van der Waals surface area contributed by atoms with Gasteiger partial charge in [0.1, 0.15) is 18.2 Å². The summed E-state index contributed by atoms with van der Waals surface area (Å²) in [6, 6.07) is 26.7. The Hall–Kier alpha value is -4.45. The van der Waals surface area contributed by atoms with Gasteiger partial charge < -0.3 is 14.8 Å². The molecule has 0 fully saturated rings. The van der Waals surface area contributed by atoms with Crippen LogP contribution in [0.4, 0.5) is 4.39 Å². The van der Waals surface area contributed by atoms with Crippen LogP contribution in [0.5, 0.6) is 5.75 Å². The molecule has 0 aliphatic heterocycles. The van der Waals surface area contributed by atoms with Crippen LogP contribution in [0.3, 0.4) is 0 Å². The molecule has 4 rings (SSSR count). The van der Waals surface area contributed by atoms with Crippen LogP contribution in [0.2, 0.25) is 0 Å². The molecule has 1 N–H and O–H groups in total. The summed E-state index contributed by atoms with van der Waals surface area (Å²) in [6.07, 6.45) is 2.30. The van der Waals surface area contributed by atoms with Gasteiger partial charge in [0.15, 0.2) is 0 Å². The van der Waals surface area contributed by atoms with Gasteiger partial charge in [-0.05, 0) is 59.3 Å². The maximum Gasteiger partial charge on any atom is 0.337 e. The van der Waals surface area contributed by atoms with Crippen molar-refractivity contribution in [2.45, 2.75) is 6.42 Å². The predicted molar refractivity (Wildman–Crippen MR) is 138 cm³/mol. The average molecular weight is 484 g/mol. The number of benzene rings is 4. The van der Waals surface area contributed by atoms with E-state index in [1.807, 2.05) is 42.5 Å². The fourth-order valence-corrected chi connectivity index (χ4v) is 3.77. The monoisotopic (exact) mass is 483 g/mol. The number of esters is 1. The highest BCUT2D eigenvalue weighted by Gasteiger charge is 2.13. The minimum Gasteiger partial charge on any atom is -0.488 e. The van der Waals surface area contributed by atoms with Crippen LogP contribution in [-0.2, 0) is 16.0 Å². The maximum absolute atomic E-state index is 13.1. The molecule has 1 amide bonds. The van der Waals surface area contributed by atoms with Gasteiger partial charge in [0.25, 0.3) is 5.91 Å². The zero-order chi connectivity index (χ0) is 25.3. The molecule has 0 unspecified atom stereocenters. The topological polar surface area (TPSA) is 64.6 Å². The third-order valence-electron chi connectivity index (χ3n) is 5.71. The normalized spacial score (nSPS) is 11.2. The lowest BCUT2D eigenvalue weighted by molar-refractivity contribution is -0.117. The van der Waals surface area contributed by atoms with E-state index in [2.05, 4.69) is 5.32 Å². The van der Waals surface area contributed by atoms with Crippen molar-refractivity contribution in [1.82, 2.24) is 5.32 Å². The molecule has 0 aliphatic carbocycles. The highest BCUT2D eigenvalue weighted by Crippen LogP contribution is 2.25. The molecule has 0 radical (unpaired) electrons. The first kappa shape index (κ1) is 24.7. The zero-order valence-corrected chi connectivity index (χ0v) is 19.9. The van der Waals surface area contributed by atoms with E-state index in [0.29, 0.717) is 29.9 Å². The van der Waals surface area contributed by atoms with E-state index in [1.165, 1.54) is 19.2 Å². The molecule has 4 aromatic carbocycles. The summed E-state index contributed by atoms with van der Waals surface area (Å²) < 4.78 is 24.0. The van der Waals surface area contributed by atoms with Gasteiger partial charge in [-0.3, -0.25) is 4.79 Å². The lowest BCUT2D eigenvalue weighted by Gasteiger charge is -2.13. The Balaban J connectivity index is 1.51. The van der Waals surface area contributed by atoms with Gasteiger partial charge in [0.2, 0.25) is 0 Å². The van der Waals surface area contributed by atoms with E-state index in [-0.39, 0.29) is 18.3 Å². The van der Waals surface area contributed by atoms with Crippen molar-refractivity contribution in [2.24, 2.45) is 0 Å². The number of hydrogen-bond donors (Lipinski definition) is 1. The quantitative estimate of drug-likeness (QED) is 0.249. The largest absolute Gasteiger partial charge is 0.488 e. The van der Waals surface area contributed by atoms with Crippen molar-refractivity contribution in [2.75, 3.05) is 20.3 Å². The number of carbonyl (C=O) groups excluding carboxylic acids is 2. The molecule has 0 heterocycles. The van der Waals surface area contributed by atoms with Crippen molar-refractivity contribution in [3.8, 4) is 5.75 Å². The molecular weight excluding hydrogens is 457 g/mol. The highest BCUT2D eigenvalue weighted by molar-refractivity contribution is 5.98. The fourth-order valence-electron chi connectivity index (χ4n) is 3.77. The number of fused-ring (bicyclic) bond motifs is 1. The lowest BCUT2D eigenvalue weighted by Crippen LogP contribution is -2.29. The number of halogens is 1. The molecule has 0 spiro atoms. The number of amides is 1. The molecule has 36 heavy (non-hydrogen) atoms. The minimum atomic E-state index is -0.427. The van der Waals surface area contributed by atoms with E-state index in [1.54, 1.807) is 42.5 Å². The van der Waals surface area contributed by atoms with Gasteiger partial charge >= 0.3 is 5.97 Å². The van der Waals surface area contributed by atoms with Gasteiger partial charge in [-0.15, -0.1) is 0 Å². The van der Waals surface area contributed by atoms with Gasteiger partial charge in [-0.1, -0.05) is 60.7 Å². The summed E-state index contributed by atoms with van der Waals surface area (Å²) in [5.41, 5.74) is 2.51. The van der Waals surface area contributed by atoms with Gasteiger partial charge in [-0.2, -0.15) is 0 Å². The van der Waals surface area contributed by atoms with Crippen LogP contribution >= 0.6 is 0 Å². The molecule has 5 nitrogen and oxygen atoms in total. The SMILES string of the molecule is COC(=O)c1ccc(/C=C(\COc2cccc3ccccc23)C(=O)NCCc2ccc(F)cc2)cc1. The Morgan fingerprint density at radius 3 is 2.36 bits per heavy atom. The van der Waals surface area contributed by atoms with Crippen LogP contribution in [0.25, 0.3) is 16.8 Å². The number of hydrogen-bond acceptors (Lipinski definition) is 4. The first-order valence-corrected chi connectivity index (χ1v) is 11.6. The van der Waals surface area contributed by atoms with E-state index < -0.39 is 5.97 Å². The second kappa shape index (κ2) is 11.8. The first-order valence-electron chi connectivity index (χ1n) is 11.6. The number of ether oxygens (including phenoxy) is 2. The Morgan fingerprint density at radius 2 is 1.61 bits per heavy atom. The van der Waals surface area contributed by atoms with Crippen LogP contribution in [0, 0.1) is 5.82 Å². The molecule has 0 atom stereocenters. The maximum atomic E-state index is 13.1. The summed E-state index contributed by atoms with van der Waals surface area (Å²) in [5, 5.41) is 4.92. The van der Waals surface area contributed by atoms with Crippen molar-refractivity contribution < 1.29 is 23.5 Å². The number of carbonyl (C=O) groups is 2. The molecule has 6 heteroatoms. The van der Waals surface area contributed by atoms with Gasteiger partial charge in [-0.25, -0.2) is 9.18 Å². The molecule has 0 aromatic heterocycles. The van der Waals surface area contributed by atoms with Crippen molar-refractivity contribution in [3.63, 3.8) is 0 Å². The molecule has 0 bridgehead atoms. The molecule has 0 aliphatic rings.